The maximum absolute atomic E-state index is 12.9. The van der Waals surface area contributed by atoms with E-state index in [0.717, 1.165) is 36.3 Å². The van der Waals surface area contributed by atoms with Gasteiger partial charge in [-0.3, -0.25) is 9.78 Å². The Balaban J connectivity index is 1.74. The number of ether oxygens (including phenoxy) is 1. The van der Waals surface area contributed by atoms with Gasteiger partial charge in [0.25, 0.3) is 5.91 Å². The van der Waals surface area contributed by atoms with Crippen LogP contribution in [0.1, 0.15) is 42.5 Å². The number of carbonyl (C=O) groups is 1. The van der Waals surface area contributed by atoms with Crippen molar-refractivity contribution in [2.75, 3.05) is 6.54 Å². The molecule has 2 aromatic rings. The summed E-state index contributed by atoms with van der Waals surface area (Å²) in [5, 5.41) is 0. The van der Waals surface area contributed by atoms with Crippen molar-refractivity contribution in [3.05, 3.63) is 59.4 Å². The summed E-state index contributed by atoms with van der Waals surface area (Å²) >= 11 is 0. The zero-order valence-electron chi connectivity index (χ0n) is 14.5. The topological polar surface area (TPSA) is 42.4 Å². The molecule has 24 heavy (non-hydrogen) atoms. The largest absolute Gasteiger partial charge is 0.481 e. The highest BCUT2D eigenvalue weighted by Crippen LogP contribution is 2.32. The van der Waals surface area contributed by atoms with E-state index in [-0.39, 0.29) is 11.9 Å². The van der Waals surface area contributed by atoms with Gasteiger partial charge in [0.15, 0.2) is 6.10 Å². The van der Waals surface area contributed by atoms with Crippen molar-refractivity contribution < 1.29 is 9.53 Å². The average Bonchev–Trinajstić information content (AvgIpc) is 3.08. The lowest BCUT2D eigenvalue weighted by molar-refractivity contribution is -0.138. The molecule has 4 heteroatoms. The van der Waals surface area contributed by atoms with E-state index in [4.69, 9.17) is 4.74 Å². The van der Waals surface area contributed by atoms with Crippen LogP contribution in [0.4, 0.5) is 0 Å². The molecule has 4 nitrogen and oxygen atoms in total. The lowest BCUT2D eigenvalue weighted by Crippen LogP contribution is -2.40. The summed E-state index contributed by atoms with van der Waals surface area (Å²) in [7, 11) is 0. The van der Waals surface area contributed by atoms with E-state index in [2.05, 4.69) is 18.0 Å². The van der Waals surface area contributed by atoms with Crippen LogP contribution in [-0.2, 0) is 4.79 Å². The molecular formula is C20H24N2O2. The van der Waals surface area contributed by atoms with E-state index in [1.165, 1.54) is 5.56 Å². The molecule has 1 saturated heterocycles. The van der Waals surface area contributed by atoms with Crippen molar-refractivity contribution in [2.24, 2.45) is 0 Å². The van der Waals surface area contributed by atoms with Gasteiger partial charge in [0.05, 0.1) is 6.04 Å². The van der Waals surface area contributed by atoms with Crippen molar-refractivity contribution in [3.8, 4) is 5.75 Å². The van der Waals surface area contributed by atoms with Gasteiger partial charge in [-0.1, -0.05) is 12.1 Å². The van der Waals surface area contributed by atoms with Gasteiger partial charge in [-0.05, 0) is 68.5 Å². The Kier molecular flexibility index (Phi) is 4.84. The van der Waals surface area contributed by atoms with Crippen LogP contribution in [0, 0.1) is 13.8 Å². The first kappa shape index (κ1) is 16.5. The molecule has 2 heterocycles. The first-order chi connectivity index (χ1) is 11.6. The highest BCUT2D eigenvalue weighted by atomic mass is 16.5. The normalized spacial score (nSPS) is 18.5. The minimum absolute atomic E-state index is 0.0511. The fourth-order valence-corrected chi connectivity index (χ4v) is 3.29. The number of benzene rings is 1. The van der Waals surface area contributed by atoms with Gasteiger partial charge in [0, 0.05) is 18.9 Å². The number of hydrogen-bond donors (Lipinski definition) is 0. The Morgan fingerprint density at radius 1 is 1.25 bits per heavy atom. The van der Waals surface area contributed by atoms with E-state index in [1.54, 1.807) is 12.4 Å². The molecule has 1 amide bonds. The molecule has 0 saturated carbocycles. The number of carbonyl (C=O) groups excluding carboxylic acids is 1. The average molecular weight is 324 g/mol. The molecule has 1 aromatic carbocycles. The molecule has 2 atom stereocenters. The fourth-order valence-electron chi connectivity index (χ4n) is 3.29. The maximum atomic E-state index is 12.9. The van der Waals surface area contributed by atoms with Crippen molar-refractivity contribution in [2.45, 2.75) is 45.8 Å². The molecule has 3 rings (SSSR count). The van der Waals surface area contributed by atoms with Crippen LogP contribution < -0.4 is 4.74 Å². The van der Waals surface area contributed by atoms with Gasteiger partial charge in [-0.25, -0.2) is 0 Å². The molecule has 0 bridgehead atoms. The molecular weight excluding hydrogens is 300 g/mol. The smallest absolute Gasteiger partial charge is 0.263 e. The van der Waals surface area contributed by atoms with Crippen LogP contribution in [0.25, 0.3) is 0 Å². The Bertz CT molecular complexity index is 715. The number of pyridine rings is 1. The van der Waals surface area contributed by atoms with Crippen LogP contribution in [0.3, 0.4) is 0 Å². The molecule has 126 valence electrons. The minimum Gasteiger partial charge on any atom is -0.481 e. The van der Waals surface area contributed by atoms with Crippen LogP contribution in [0.2, 0.25) is 0 Å². The van der Waals surface area contributed by atoms with Gasteiger partial charge in [-0.15, -0.1) is 0 Å². The second kappa shape index (κ2) is 7.04. The van der Waals surface area contributed by atoms with Crippen molar-refractivity contribution in [3.63, 3.8) is 0 Å². The number of likely N-dealkylation sites (tertiary alicyclic amines) is 1. The zero-order valence-corrected chi connectivity index (χ0v) is 14.5. The Labute approximate surface area is 143 Å². The summed E-state index contributed by atoms with van der Waals surface area (Å²) in [5.74, 6) is 0.839. The highest BCUT2D eigenvalue weighted by molar-refractivity contribution is 5.81. The summed E-state index contributed by atoms with van der Waals surface area (Å²) in [5.41, 5.74) is 3.40. The number of aryl methyl sites for hydroxylation is 1. The lowest BCUT2D eigenvalue weighted by Gasteiger charge is -2.28. The van der Waals surface area contributed by atoms with Crippen LogP contribution in [0.5, 0.6) is 5.75 Å². The first-order valence-corrected chi connectivity index (χ1v) is 8.51. The Morgan fingerprint density at radius 2 is 2.00 bits per heavy atom. The van der Waals surface area contributed by atoms with E-state index in [1.807, 2.05) is 43.0 Å². The molecule has 0 unspecified atom stereocenters. The van der Waals surface area contributed by atoms with E-state index >= 15 is 0 Å². The second-order valence-electron chi connectivity index (χ2n) is 6.43. The van der Waals surface area contributed by atoms with Crippen LogP contribution in [0.15, 0.2) is 42.7 Å². The van der Waals surface area contributed by atoms with Gasteiger partial charge in [0.2, 0.25) is 0 Å². The summed E-state index contributed by atoms with van der Waals surface area (Å²) < 4.78 is 5.98. The van der Waals surface area contributed by atoms with E-state index in [0.29, 0.717) is 0 Å². The molecule has 0 N–H and O–H groups in total. The third kappa shape index (κ3) is 3.28. The number of hydrogen-bond acceptors (Lipinski definition) is 3. The summed E-state index contributed by atoms with van der Waals surface area (Å²) in [6.07, 6.45) is 5.09. The Morgan fingerprint density at radius 3 is 2.75 bits per heavy atom. The molecule has 0 radical (unpaired) electrons. The minimum atomic E-state index is -0.493. The second-order valence-corrected chi connectivity index (χ2v) is 6.43. The summed E-state index contributed by atoms with van der Waals surface area (Å²) in [4.78, 5) is 18.9. The van der Waals surface area contributed by atoms with Crippen molar-refractivity contribution in [1.29, 1.82) is 0 Å². The molecule has 1 aliphatic rings. The quantitative estimate of drug-likeness (QED) is 0.858. The van der Waals surface area contributed by atoms with E-state index < -0.39 is 6.10 Å². The number of rotatable bonds is 4. The monoisotopic (exact) mass is 324 g/mol. The lowest BCUT2D eigenvalue weighted by atomic mass is 10.1. The number of nitrogens with zero attached hydrogens (tertiary/aromatic N) is 2. The molecule has 0 spiro atoms. The number of aromatic nitrogens is 1. The van der Waals surface area contributed by atoms with Gasteiger partial charge < -0.3 is 9.64 Å². The van der Waals surface area contributed by atoms with Gasteiger partial charge >= 0.3 is 0 Å². The maximum Gasteiger partial charge on any atom is 0.263 e. The van der Waals surface area contributed by atoms with Crippen LogP contribution in [-0.4, -0.2) is 28.4 Å². The molecule has 1 fully saturated rings. The van der Waals surface area contributed by atoms with Crippen LogP contribution >= 0.6 is 0 Å². The van der Waals surface area contributed by atoms with Gasteiger partial charge in [0.1, 0.15) is 5.75 Å². The summed E-state index contributed by atoms with van der Waals surface area (Å²) in [6.45, 7) is 6.70. The Hall–Kier alpha value is -2.36. The summed E-state index contributed by atoms with van der Waals surface area (Å²) in [6, 6.07) is 10.1. The first-order valence-electron chi connectivity index (χ1n) is 8.51. The molecule has 0 aliphatic carbocycles. The predicted octanol–water partition coefficient (Wildman–Crippen LogP) is 3.83. The highest BCUT2D eigenvalue weighted by Gasteiger charge is 2.33. The third-order valence-electron chi connectivity index (χ3n) is 4.83. The standard InChI is InChI=1S/C20H24N2O2/c1-14-6-4-8-19(15(14)2)24-16(3)20(23)22-13-5-7-18(22)17-9-11-21-12-10-17/h4,6,8-12,16,18H,5,7,13H2,1-3H3/t16-,18-/m1/s1. The predicted molar refractivity (Wildman–Crippen MR) is 93.9 cm³/mol. The molecule has 1 aromatic heterocycles. The number of amides is 1. The molecule has 1 aliphatic heterocycles. The van der Waals surface area contributed by atoms with E-state index in [9.17, 15) is 4.79 Å². The fraction of sp³-hybridized carbons (Fsp3) is 0.400. The zero-order chi connectivity index (χ0) is 17.1. The third-order valence-corrected chi connectivity index (χ3v) is 4.83. The van der Waals surface area contributed by atoms with Crippen molar-refractivity contribution in [1.82, 2.24) is 9.88 Å². The van der Waals surface area contributed by atoms with Crippen molar-refractivity contribution >= 4 is 5.91 Å². The SMILES string of the molecule is Cc1cccc(O[C@H](C)C(=O)N2CCC[C@@H]2c2ccncc2)c1C. The van der Waals surface area contributed by atoms with Gasteiger partial charge in [-0.2, -0.15) is 0 Å².